The zero-order valence-electron chi connectivity index (χ0n) is 27.6. The number of fused-ring (bicyclic) bond motifs is 3. The molecule has 0 radical (unpaired) electrons. The van der Waals surface area contributed by atoms with E-state index in [-0.39, 0.29) is 25.5 Å². The van der Waals surface area contributed by atoms with E-state index in [4.69, 9.17) is 0 Å². The van der Waals surface area contributed by atoms with Gasteiger partial charge in [0.15, 0.2) is 0 Å². The third kappa shape index (κ3) is 6.06. The Morgan fingerprint density at radius 3 is 2.17 bits per heavy atom. The summed E-state index contributed by atoms with van der Waals surface area (Å²) in [5, 5.41) is 12.1. The van der Waals surface area contributed by atoms with Crippen molar-refractivity contribution in [2.45, 2.75) is 65.7 Å². The summed E-state index contributed by atoms with van der Waals surface area (Å²) in [5.74, 6) is 1.86. The Bertz CT molecular complexity index is 1800. The zero-order chi connectivity index (χ0) is 31.7. The van der Waals surface area contributed by atoms with E-state index in [1.807, 2.05) is 47.1 Å². The van der Waals surface area contributed by atoms with Crippen LogP contribution in [-0.2, 0) is 25.5 Å². The Morgan fingerprint density at radius 1 is 0.804 bits per heavy atom. The predicted molar refractivity (Wildman–Crippen MR) is 183 cm³/mol. The zero-order valence-corrected chi connectivity index (χ0v) is 30.0. The molecule has 1 aliphatic heterocycles. The summed E-state index contributed by atoms with van der Waals surface area (Å²) in [5.41, 5.74) is 11.1. The molecule has 6 nitrogen and oxygen atoms in total. The monoisotopic (exact) mass is 786 g/mol. The molecule has 0 fully saturated rings. The first kappa shape index (κ1) is 33.3. The molecule has 4 aromatic carbocycles. The van der Waals surface area contributed by atoms with Crippen molar-refractivity contribution < 1.29 is 20.1 Å². The molecular weight excluding hydrogens is 745 g/mol. The second-order valence-electron chi connectivity index (χ2n) is 12.7. The van der Waals surface area contributed by atoms with Gasteiger partial charge in [0, 0.05) is 24.6 Å². The van der Waals surface area contributed by atoms with E-state index < -0.39 is 0 Å². The summed E-state index contributed by atoms with van der Waals surface area (Å²) in [6, 6.07) is 34.0. The Balaban J connectivity index is 0.000000177. The molecule has 5 aromatic rings. The van der Waals surface area contributed by atoms with Crippen LogP contribution in [0, 0.1) is 18.8 Å². The van der Waals surface area contributed by atoms with Crippen molar-refractivity contribution in [1.29, 1.82) is 0 Å². The SMILES string of the molecule is CC(C)c1cccc(C(C)C)c1-n1ccnc1-c1[c-]cccc1.CCN1[CH-]N(c2[c-]ccc3c2C(C)(C)c2ccccc2-3)N=N1.[Ir+3]. The Labute approximate surface area is 287 Å². The van der Waals surface area contributed by atoms with Gasteiger partial charge >= 0.3 is 20.1 Å². The van der Waals surface area contributed by atoms with E-state index in [9.17, 15) is 0 Å². The fraction of sp³-hybridized carbons (Fsp3) is 0.282. The van der Waals surface area contributed by atoms with Crippen molar-refractivity contribution in [3.63, 3.8) is 0 Å². The van der Waals surface area contributed by atoms with E-state index in [2.05, 4.69) is 141 Å². The first-order valence-electron chi connectivity index (χ1n) is 15.8. The van der Waals surface area contributed by atoms with Gasteiger partial charge in [-0.05, 0) is 46.4 Å². The Morgan fingerprint density at radius 2 is 1.52 bits per heavy atom. The minimum absolute atomic E-state index is 0. The van der Waals surface area contributed by atoms with Gasteiger partial charge in [-0.15, -0.1) is 53.7 Å². The van der Waals surface area contributed by atoms with Gasteiger partial charge in [-0.25, -0.2) is 0 Å². The molecule has 1 aromatic heterocycles. The molecule has 0 bridgehead atoms. The molecule has 0 amide bonds. The third-order valence-electron chi connectivity index (χ3n) is 8.71. The van der Waals surface area contributed by atoms with Crippen molar-refractivity contribution in [2.24, 2.45) is 10.4 Å². The van der Waals surface area contributed by atoms with Crippen LogP contribution in [0.25, 0.3) is 28.2 Å². The molecule has 1 aliphatic carbocycles. The molecule has 0 atom stereocenters. The van der Waals surface area contributed by atoms with E-state index in [0.717, 1.165) is 23.6 Å². The number of aromatic nitrogens is 2. The van der Waals surface area contributed by atoms with Gasteiger partial charge in [0.1, 0.15) is 0 Å². The molecule has 7 rings (SSSR count). The first-order valence-corrected chi connectivity index (χ1v) is 15.8. The Kier molecular flexibility index (Phi) is 9.95. The number of hydrogen-bond donors (Lipinski definition) is 0. The van der Waals surface area contributed by atoms with Crippen LogP contribution < -0.4 is 5.01 Å². The molecule has 0 spiro atoms. The van der Waals surface area contributed by atoms with Crippen molar-refractivity contribution in [2.75, 3.05) is 11.6 Å². The number of hydrogen-bond acceptors (Lipinski definition) is 5. The molecule has 46 heavy (non-hydrogen) atoms. The number of benzene rings is 4. The quantitative estimate of drug-likeness (QED) is 0.161. The molecule has 236 valence electrons. The smallest absolute Gasteiger partial charge is 0.403 e. The number of imidazole rings is 1. The fourth-order valence-electron chi connectivity index (χ4n) is 6.44. The van der Waals surface area contributed by atoms with Gasteiger partial charge in [0.2, 0.25) is 0 Å². The van der Waals surface area contributed by atoms with E-state index >= 15 is 0 Å². The summed E-state index contributed by atoms with van der Waals surface area (Å²) in [7, 11) is 0. The summed E-state index contributed by atoms with van der Waals surface area (Å²) in [6.45, 7) is 18.3. The van der Waals surface area contributed by atoms with E-state index in [1.165, 1.54) is 39.1 Å². The van der Waals surface area contributed by atoms with Gasteiger partial charge in [0.05, 0.1) is 5.82 Å². The second kappa shape index (κ2) is 13.7. The third-order valence-corrected chi connectivity index (χ3v) is 8.71. The van der Waals surface area contributed by atoms with Crippen LogP contribution in [0.5, 0.6) is 0 Å². The summed E-state index contributed by atoms with van der Waals surface area (Å²) < 4.78 is 2.22. The predicted octanol–water partition coefficient (Wildman–Crippen LogP) is 9.92. The van der Waals surface area contributed by atoms with Gasteiger partial charge < -0.3 is 14.6 Å². The van der Waals surface area contributed by atoms with Crippen molar-refractivity contribution >= 4 is 5.69 Å². The fourth-order valence-corrected chi connectivity index (χ4v) is 6.44. The van der Waals surface area contributed by atoms with E-state index in [1.54, 1.807) is 0 Å². The number of rotatable bonds is 6. The van der Waals surface area contributed by atoms with E-state index in [0.29, 0.717) is 11.8 Å². The van der Waals surface area contributed by atoms with Gasteiger partial charge in [0.25, 0.3) is 0 Å². The topological polar surface area (TPSA) is 49.0 Å². The maximum Gasteiger partial charge on any atom is 3.00 e. The van der Waals surface area contributed by atoms with Crippen LogP contribution >= 0.6 is 0 Å². The molecule has 7 heteroatoms. The number of nitrogens with zero attached hydrogens (tertiary/aromatic N) is 6. The minimum atomic E-state index is -0.0674. The van der Waals surface area contributed by atoms with Crippen LogP contribution in [0.3, 0.4) is 0 Å². The minimum Gasteiger partial charge on any atom is -0.403 e. The van der Waals surface area contributed by atoms with Crippen LogP contribution in [0.1, 0.15) is 82.6 Å². The van der Waals surface area contributed by atoms with Crippen molar-refractivity contribution in [3.05, 3.63) is 132 Å². The number of anilines is 1. The van der Waals surface area contributed by atoms with Crippen LogP contribution in [0.2, 0.25) is 0 Å². The standard InChI is InChI=1S/C21H23N2.C18H18N4.Ir/c1-15(2)18-11-8-12-19(16(3)4)20(18)23-14-13-22-21(23)17-9-6-5-7-10-17;1-4-21-12-22(20-19-21)16-11-7-9-14-13-8-5-6-10-15(13)18(2,3)17(14)16;/h5-9,11-16H,1-4H3;5-10,12H,4H2,1-3H3;/q-1;-2;+3. The molecule has 2 aliphatic rings. The van der Waals surface area contributed by atoms with Gasteiger partial charge in [-0.3, -0.25) is 4.98 Å². The molecule has 0 N–H and O–H groups in total. The van der Waals surface area contributed by atoms with Crippen molar-refractivity contribution in [3.8, 4) is 28.2 Å². The maximum atomic E-state index is 4.60. The molecule has 0 unspecified atom stereocenters. The number of para-hydroxylation sites is 1. The summed E-state index contributed by atoms with van der Waals surface area (Å²) in [6.07, 6.45) is 3.93. The summed E-state index contributed by atoms with van der Waals surface area (Å²) >= 11 is 0. The van der Waals surface area contributed by atoms with Crippen LogP contribution in [-0.4, -0.2) is 21.1 Å². The molecule has 2 heterocycles. The van der Waals surface area contributed by atoms with Gasteiger partial charge in [-0.1, -0.05) is 100 Å². The molecular formula is C39H41IrN6. The van der Waals surface area contributed by atoms with Crippen molar-refractivity contribution in [1.82, 2.24) is 14.6 Å². The second-order valence-corrected chi connectivity index (χ2v) is 12.7. The van der Waals surface area contributed by atoms with Crippen LogP contribution in [0.15, 0.2) is 102 Å². The van der Waals surface area contributed by atoms with Gasteiger partial charge in [-0.2, -0.15) is 18.2 Å². The first-order chi connectivity index (χ1) is 21.7. The summed E-state index contributed by atoms with van der Waals surface area (Å²) in [4.78, 5) is 4.60. The normalized spacial score (nSPS) is 14.2. The Hall–Kier alpha value is -4.06. The molecule has 0 saturated heterocycles. The average molecular weight is 786 g/mol. The largest absolute Gasteiger partial charge is 3.00 e. The maximum absolute atomic E-state index is 4.60. The van der Waals surface area contributed by atoms with Crippen LogP contribution in [0.4, 0.5) is 5.69 Å². The molecule has 0 saturated carbocycles. The average Bonchev–Trinajstić information content (AvgIpc) is 3.79.